The van der Waals surface area contributed by atoms with Gasteiger partial charge in [0.05, 0.1) is 6.61 Å². The molecule has 0 saturated carbocycles. The quantitative estimate of drug-likeness (QED) is 0.606. The Balaban J connectivity index is 2.88. The Morgan fingerprint density at radius 1 is 1.46 bits per heavy atom. The van der Waals surface area contributed by atoms with Gasteiger partial charge in [-0.3, -0.25) is 0 Å². The van der Waals surface area contributed by atoms with Gasteiger partial charge in [-0.25, -0.2) is 0 Å². The molecule has 4 N–H and O–H groups in total. The average Bonchev–Trinajstić information content (AvgIpc) is 2.53. The van der Waals surface area contributed by atoms with Crippen LogP contribution < -0.4 is 5.73 Å². The van der Waals surface area contributed by atoms with Gasteiger partial charge in [0.1, 0.15) is 5.75 Å². The molecule has 2 aromatic rings. The normalized spacial score (nSPS) is 10.8. The number of fused-ring (bicyclic) bond motifs is 1. The van der Waals surface area contributed by atoms with Crippen LogP contribution in [0.4, 0.5) is 5.69 Å². The number of nitrogens with two attached hydrogens (primary N) is 1. The van der Waals surface area contributed by atoms with Crippen molar-refractivity contribution in [2.24, 2.45) is 0 Å². The van der Waals surface area contributed by atoms with E-state index in [1.165, 1.54) is 17.4 Å². The van der Waals surface area contributed by atoms with Gasteiger partial charge in [0.15, 0.2) is 0 Å². The van der Waals surface area contributed by atoms with Crippen LogP contribution in [0.15, 0.2) is 17.5 Å². The summed E-state index contributed by atoms with van der Waals surface area (Å²) in [5.74, 6) is 0.0648. The highest BCUT2D eigenvalue weighted by atomic mass is 32.1. The van der Waals surface area contributed by atoms with Crippen molar-refractivity contribution in [3.8, 4) is 5.75 Å². The first-order valence-electron chi connectivity index (χ1n) is 3.82. The summed E-state index contributed by atoms with van der Waals surface area (Å²) in [5.41, 5.74) is 6.79. The van der Waals surface area contributed by atoms with Gasteiger partial charge in [-0.2, -0.15) is 0 Å². The van der Waals surface area contributed by atoms with Crippen LogP contribution in [-0.2, 0) is 6.61 Å². The van der Waals surface area contributed by atoms with Gasteiger partial charge in [-0.05, 0) is 11.4 Å². The van der Waals surface area contributed by atoms with Crippen molar-refractivity contribution in [2.75, 3.05) is 5.73 Å². The van der Waals surface area contributed by atoms with Crippen LogP contribution in [0.1, 0.15) is 5.56 Å². The Morgan fingerprint density at radius 3 is 2.92 bits per heavy atom. The number of hydrogen-bond acceptors (Lipinski definition) is 4. The predicted molar refractivity (Wildman–Crippen MR) is 53.8 cm³/mol. The lowest BCUT2D eigenvalue weighted by atomic mass is 10.1. The maximum atomic E-state index is 9.47. The molecule has 13 heavy (non-hydrogen) atoms. The van der Waals surface area contributed by atoms with Crippen molar-refractivity contribution in [1.82, 2.24) is 0 Å². The Morgan fingerprint density at radius 2 is 2.23 bits per heavy atom. The Hall–Kier alpha value is -1.26. The van der Waals surface area contributed by atoms with Gasteiger partial charge < -0.3 is 15.9 Å². The SMILES string of the molecule is Nc1cc(O)c(CO)c2sccc12. The molecule has 1 heterocycles. The number of anilines is 1. The largest absolute Gasteiger partial charge is 0.507 e. The van der Waals surface area contributed by atoms with E-state index in [9.17, 15) is 5.11 Å². The van der Waals surface area contributed by atoms with Gasteiger partial charge in [0, 0.05) is 27.4 Å². The number of phenols is 1. The van der Waals surface area contributed by atoms with Gasteiger partial charge in [-0.15, -0.1) is 11.3 Å². The summed E-state index contributed by atoms with van der Waals surface area (Å²) in [4.78, 5) is 0. The Bertz CT molecular complexity index is 450. The molecule has 0 aliphatic carbocycles. The first kappa shape index (κ1) is 8.34. The standard InChI is InChI=1S/C9H9NO2S/c10-7-3-8(12)6(4-11)9-5(7)1-2-13-9/h1-3,11-12H,4,10H2. The molecule has 3 nitrogen and oxygen atoms in total. The van der Waals surface area contributed by atoms with Crippen LogP contribution in [0.25, 0.3) is 10.1 Å². The molecule has 0 amide bonds. The molecule has 68 valence electrons. The van der Waals surface area contributed by atoms with E-state index in [-0.39, 0.29) is 12.4 Å². The number of thiophene rings is 1. The zero-order valence-corrected chi connectivity index (χ0v) is 7.64. The van der Waals surface area contributed by atoms with E-state index in [0.717, 1.165) is 10.1 Å². The average molecular weight is 195 g/mol. The van der Waals surface area contributed by atoms with Crippen LogP contribution in [0.3, 0.4) is 0 Å². The molecule has 1 aromatic heterocycles. The minimum Gasteiger partial charge on any atom is -0.507 e. The molecule has 0 bridgehead atoms. The van der Waals surface area contributed by atoms with Crippen molar-refractivity contribution < 1.29 is 10.2 Å². The van der Waals surface area contributed by atoms with Gasteiger partial charge in [0.25, 0.3) is 0 Å². The van der Waals surface area contributed by atoms with Crippen molar-refractivity contribution in [1.29, 1.82) is 0 Å². The molecule has 0 unspecified atom stereocenters. The summed E-state index contributed by atoms with van der Waals surface area (Å²) in [5, 5.41) is 21.3. The number of aliphatic hydroxyl groups excluding tert-OH is 1. The number of rotatable bonds is 1. The highest BCUT2D eigenvalue weighted by molar-refractivity contribution is 7.17. The molecule has 0 aliphatic heterocycles. The lowest BCUT2D eigenvalue weighted by molar-refractivity contribution is 0.277. The van der Waals surface area contributed by atoms with Crippen molar-refractivity contribution in [3.63, 3.8) is 0 Å². The molecule has 0 radical (unpaired) electrons. The van der Waals surface area contributed by atoms with Gasteiger partial charge in [0.2, 0.25) is 0 Å². The highest BCUT2D eigenvalue weighted by Gasteiger charge is 2.09. The maximum absolute atomic E-state index is 9.47. The zero-order valence-electron chi connectivity index (χ0n) is 6.82. The third kappa shape index (κ3) is 1.15. The number of benzene rings is 1. The minimum absolute atomic E-state index is 0.0648. The fourth-order valence-electron chi connectivity index (χ4n) is 1.35. The first-order valence-corrected chi connectivity index (χ1v) is 4.70. The number of nitrogen functional groups attached to an aromatic ring is 1. The van der Waals surface area contributed by atoms with E-state index in [2.05, 4.69) is 0 Å². The second-order valence-corrected chi connectivity index (χ2v) is 3.70. The highest BCUT2D eigenvalue weighted by Crippen LogP contribution is 2.35. The second-order valence-electron chi connectivity index (χ2n) is 2.78. The van der Waals surface area contributed by atoms with E-state index in [1.54, 1.807) is 0 Å². The van der Waals surface area contributed by atoms with E-state index in [1.807, 2.05) is 11.4 Å². The summed E-state index contributed by atoms with van der Waals surface area (Å²) in [6.45, 7) is -0.164. The number of aromatic hydroxyl groups is 1. The summed E-state index contributed by atoms with van der Waals surface area (Å²) in [6, 6.07) is 3.36. The molecule has 0 aliphatic rings. The fraction of sp³-hybridized carbons (Fsp3) is 0.111. The molecule has 0 atom stereocenters. The van der Waals surface area contributed by atoms with E-state index >= 15 is 0 Å². The van der Waals surface area contributed by atoms with Crippen LogP contribution in [0.2, 0.25) is 0 Å². The Labute approximate surface area is 79.0 Å². The molecule has 0 fully saturated rings. The molecule has 2 rings (SSSR count). The second kappa shape index (κ2) is 2.90. The zero-order chi connectivity index (χ0) is 9.42. The van der Waals surface area contributed by atoms with E-state index in [4.69, 9.17) is 10.8 Å². The molecule has 0 spiro atoms. The minimum atomic E-state index is -0.164. The third-order valence-electron chi connectivity index (χ3n) is 2.01. The lowest BCUT2D eigenvalue weighted by Gasteiger charge is -2.04. The molecular weight excluding hydrogens is 186 g/mol. The smallest absolute Gasteiger partial charge is 0.124 e. The topological polar surface area (TPSA) is 66.5 Å². The van der Waals surface area contributed by atoms with Crippen molar-refractivity contribution in [2.45, 2.75) is 6.61 Å². The monoisotopic (exact) mass is 195 g/mol. The van der Waals surface area contributed by atoms with Crippen LogP contribution in [0.5, 0.6) is 5.75 Å². The first-order chi connectivity index (χ1) is 6.24. The summed E-state index contributed by atoms with van der Waals surface area (Å²) >= 11 is 1.47. The van der Waals surface area contributed by atoms with Gasteiger partial charge in [-0.1, -0.05) is 0 Å². The lowest BCUT2D eigenvalue weighted by Crippen LogP contribution is -1.90. The molecular formula is C9H9NO2S. The summed E-state index contributed by atoms with van der Waals surface area (Å²) in [7, 11) is 0. The number of hydrogen-bond donors (Lipinski definition) is 3. The fourth-order valence-corrected chi connectivity index (χ4v) is 2.32. The van der Waals surface area contributed by atoms with E-state index in [0.29, 0.717) is 11.3 Å². The molecule has 1 aromatic carbocycles. The predicted octanol–water partition coefficient (Wildman–Crippen LogP) is 1.68. The van der Waals surface area contributed by atoms with E-state index < -0.39 is 0 Å². The van der Waals surface area contributed by atoms with Crippen molar-refractivity contribution in [3.05, 3.63) is 23.1 Å². The van der Waals surface area contributed by atoms with Crippen molar-refractivity contribution >= 4 is 27.1 Å². The maximum Gasteiger partial charge on any atom is 0.124 e. The van der Waals surface area contributed by atoms with Crippen LogP contribution in [-0.4, -0.2) is 10.2 Å². The van der Waals surface area contributed by atoms with Crippen LogP contribution >= 0.6 is 11.3 Å². The third-order valence-corrected chi connectivity index (χ3v) is 2.98. The molecule has 0 saturated heterocycles. The summed E-state index contributed by atoms with van der Waals surface area (Å²) < 4.78 is 0.861. The molecule has 4 heteroatoms. The summed E-state index contributed by atoms with van der Waals surface area (Å²) in [6.07, 6.45) is 0. The Kier molecular flexibility index (Phi) is 1.86. The van der Waals surface area contributed by atoms with Gasteiger partial charge >= 0.3 is 0 Å². The number of aliphatic hydroxyl groups is 1. The van der Waals surface area contributed by atoms with Crippen LogP contribution in [0, 0.1) is 0 Å².